The van der Waals surface area contributed by atoms with E-state index in [1.165, 1.54) is 5.56 Å². The number of nitrogens with one attached hydrogen (secondary N) is 1. The van der Waals surface area contributed by atoms with Crippen LogP contribution in [0.25, 0.3) is 0 Å². The van der Waals surface area contributed by atoms with E-state index in [-0.39, 0.29) is 0 Å². The van der Waals surface area contributed by atoms with Gasteiger partial charge in [-0.05, 0) is 25.5 Å². The second-order valence-corrected chi connectivity index (χ2v) is 3.49. The molecule has 14 heavy (non-hydrogen) atoms. The van der Waals surface area contributed by atoms with Crippen LogP contribution in [0.15, 0.2) is 30.3 Å². The van der Waals surface area contributed by atoms with Gasteiger partial charge in [-0.3, -0.25) is 0 Å². The van der Waals surface area contributed by atoms with Gasteiger partial charge in [0.05, 0.1) is 6.10 Å². The van der Waals surface area contributed by atoms with Crippen molar-refractivity contribution >= 4 is 0 Å². The van der Waals surface area contributed by atoms with Crippen molar-refractivity contribution in [2.45, 2.75) is 19.4 Å². The monoisotopic (exact) mass is 193 g/mol. The normalized spacial score (nSPS) is 12.7. The fourth-order valence-corrected chi connectivity index (χ4v) is 1.27. The van der Waals surface area contributed by atoms with Gasteiger partial charge in [0.1, 0.15) is 0 Å². The van der Waals surface area contributed by atoms with Gasteiger partial charge >= 0.3 is 0 Å². The van der Waals surface area contributed by atoms with Gasteiger partial charge in [-0.25, -0.2) is 0 Å². The van der Waals surface area contributed by atoms with Gasteiger partial charge in [-0.1, -0.05) is 30.3 Å². The van der Waals surface area contributed by atoms with E-state index in [1.54, 1.807) is 7.11 Å². The summed E-state index contributed by atoms with van der Waals surface area (Å²) in [6.07, 6.45) is 1.38. The van der Waals surface area contributed by atoms with Crippen LogP contribution < -0.4 is 5.32 Å². The van der Waals surface area contributed by atoms with E-state index in [1.807, 2.05) is 6.07 Å². The van der Waals surface area contributed by atoms with Crippen molar-refractivity contribution in [3.8, 4) is 0 Å². The van der Waals surface area contributed by atoms with Crippen LogP contribution in [0.3, 0.4) is 0 Å². The average Bonchev–Trinajstić information content (AvgIpc) is 2.25. The summed E-state index contributed by atoms with van der Waals surface area (Å²) in [6.45, 7) is 4.00. The molecule has 1 aromatic rings. The lowest BCUT2D eigenvalue weighted by molar-refractivity contribution is 0.117. The summed E-state index contributed by atoms with van der Waals surface area (Å²) in [5, 5.41) is 3.36. The van der Waals surface area contributed by atoms with Crippen LogP contribution >= 0.6 is 0 Å². The SMILES string of the molecule is COC(C)CNCCc1ccccc1. The maximum atomic E-state index is 5.14. The van der Waals surface area contributed by atoms with Gasteiger partial charge in [0.2, 0.25) is 0 Å². The van der Waals surface area contributed by atoms with Crippen LogP contribution in [0.4, 0.5) is 0 Å². The summed E-state index contributed by atoms with van der Waals surface area (Å²) in [6, 6.07) is 10.5. The third-order valence-corrected chi connectivity index (χ3v) is 2.27. The molecule has 2 nitrogen and oxygen atoms in total. The molecule has 0 bridgehead atoms. The van der Waals surface area contributed by atoms with Crippen LogP contribution in [0.1, 0.15) is 12.5 Å². The second kappa shape index (κ2) is 6.57. The Labute approximate surface area is 86.3 Å². The summed E-state index contributed by atoms with van der Waals surface area (Å²) in [4.78, 5) is 0. The second-order valence-electron chi connectivity index (χ2n) is 3.49. The molecule has 1 N–H and O–H groups in total. The molecule has 78 valence electrons. The van der Waals surface area contributed by atoms with Crippen LogP contribution in [-0.4, -0.2) is 26.3 Å². The van der Waals surface area contributed by atoms with E-state index in [4.69, 9.17) is 4.74 Å². The van der Waals surface area contributed by atoms with Gasteiger partial charge in [0.25, 0.3) is 0 Å². The van der Waals surface area contributed by atoms with Gasteiger partial charge < -0.3 is 10.1 Å². The molecule has 1 rings (SSSR count). The molecule has 0 heterocycles. The lowest BCUT2D eigenvalue weighted by Gasteiger charge is -2.10. The van der Waals surface area contributed by atoms with Crippen LogP contribution in [0, 0.1) is 0 Å². The molecule has 0 spiro atoms. The predicted molar refractivity (Wildman–Crippen MR) is 59.5 cm³/mol. The predicted octanol–water partition coefficient (Wildman–Crippen LogP) is 1.85. The largest absolute Gasteiger partial charge is 0.380 e. The van der Waals surface area contributed by atoms with Crippen LogP contribution in [0.5, 0.6) is 0 Å². The van der Waals surface area contributed by atoms with E-state index < -0.39 is 0 Å². The molecule has 0 amide bonds. The first kappa shape index (κ1) is 11.2. The fourth-order valence-electron chi connectivity index (χ4n) is 1.27. The van der Waals surface area contributed by atoms with Crippen LogP contribution in [-0.2, 0) is 11.2 Å². The number of hydrogen-bond acceptors (Lipinski definition) is 2. The topological polar surface area (TPSA) is 21.3 Å². The first-order chi connectivity index (χ1) is 6.83. The zero-order chi connectivity index (χ0) is 10.2. The number of hydrogen-bond donors (Lipinski definition) is 1. The standard InChI is InChI=1S/C12H19NO/c1-11(14-2)10-13-9-8-12-6-4-3-5-7-12/h3-7,11,13H,8-10H2,1-2H3. The van der Waals surface area contributed by atoms with E-state index in [9.17, 15) is 0 Å². The van der Waals surface area contributed by atoms with Crippen molar-refractivity contribution in [1.29, 1.82) is 0 Å². The minimum Gasteiger partial charge on any atom is -0.380 e. The molecule has 0 saturated heterocycles. The Bertz CT molecular complexity index is 235. The minimum absolute atomic E-state index is 0.297. The molecule has 0 aliphatic carbocycles. The zero-order valence-electron chi connectivity index (χ0n) is 8.99. The Kier molecular flexibility index (Phi) is 5.27. The highest BCUT2D eigenvalue weighted by atomic mass is 16.5. The van der Waals surface area contributed by atoms with Crippen molar-refractivity contribution in [3.63, 3.8) is 0 Å². The summed E-state index contributed by atoms with van der Waals surface area (Å²) in [5.74, 6) is 0. The first-order valence-corrected chi connectivity index (χ1v) is 5.10. The smallest absolute Gasteiger partial charge is 0.0667 e. The first-order valence-electron chi connectivity index (χ1n) is 5.10. The Morgan fingerprint density at radius 3 is 2.64 bits per heavy atom. The van der Waals surface area contributed by atoms with Crippen molar-refractivity contribution in [2.75, 3.05) is 20.2 Å². The highest BCUT2D eigenvalue weighted by Crippen LogP contribution is 1.98. The quantitative estimate of drug-likeness (QED) is 0.696. The van der Waals surface area contributed by atoms with Crippen LogP contribution in [0.2, 0.25) is 0 Å². The summed E-state index contributed by atoms with van der Waals surface area (Å²) >= 11 is 0. The molecule has 0 radical (unpaired) electrons. The molecule has 1 unspecified atom stereocenters. The van der Waals surface area contributed by atoms with Gasteiger partial charge in [-0.2, -0.15) is 0 Å². The molecule has 1 aromatic carbocycles. The van der Waals surface area contributed by atoms with Crippen molar-refractivity contribution in [2.24, 2.45) is 0 Å². The lowest BCUT2D eigenvalue weighted by atomic mass is 10.1. The number of methoxy groups -OCH3 is 1. The molecule has 0 aliphatic rings. The van der Waals surface area contributed by atoms with E-state index in [2.05, 4.69) is 36.5 Å². The molecule has 1 atom stereocenters. The van der Waals surface area contributed by atoms with Crippen molar-refractivity contribution < 1.29 is 4.74 Å². The molecule has 0 aliphatic heterocycles. The lowest BCUT2D eigenvalue weighted by Crippen LogP contribution is -2.27. The summed E-state index contributed by atoms with van der Waals surface area (Å²) in [5.41, 5.74) is 1.38. The maximum Gasteiger partial charge on any atom is 0.0667 e. The van der Waals surface area contributed by atoms with Gasteiger partial charge in [-0.15, -0.1) is 0 Å². The third-order valence-electron chi connectivity index (χ3n) is 2.27. The highest BCUT2D eigenvalue weighted by Gasteiger charge is 1.97. The number of benzene rings is 1. The van der Waals surface area contributed by atoms with E-state index >= 15 is 0 Å². The van der Waals surface area contributed by atoms with Crippen molar-refractivity contribution in [1.82, 2.24) is 5.32 Å². The molecule has 0 fully saturated rings. The fraction of sp³-hybridized carbons (Fsp3) is 0.500. The van der Waals surface area contributed by atoms with E-state index in [0.717, 1.165) is 19.5 Å². The molecular weight excluding hydrogens is 174 g/mol. The molecule has 2 heteroatoms. The Hall–Kier alpha value is -0.860. The zero-order valence-corrected chi connectivity index (χ0v) is 8.99. The Morgan fingerprint density at radius 1 is 1.29 bits per heavy atom. The Morgan fingerprint density at radius 2 is 2.00 bits per heavy atom. The average molecular weight is 193 g/mol. The van der Waals surface area contributed by atoms with E-state index in [0.29, 0.717) is 6.10 Å². The molecule has 0 saturated carbocycles. The summed E-state index contributed by atoms with van der Waals surface area (Å²) < 4.78 is 5.14. The van der Waals surface area contributed by atoms with Gasteiger partial charge in [0.15, 0.2) is 0 Å². The third kappa shape index (κ3) is 4.40. The Balaban J connectivity index is 2.10. The molecule has 0 aromatic heterocycles. The number of rotatable bonds is 6. The maximum absolute atomic E-state index is 5.14. The van der Waals surface area contributed by atoms with Crippen molar-refractivity contribution in [3.05, 3.63) is 35.9 Å². The molecular formula is C12H19NO. The number of ether oxygens (including phenoxy) is 1. The minimum atomic E-state index is 0.297. The highest BCUT2D eigenvalue weighted by molar-refractivity contribution is 5.14. The summed E-state index contributed by atoms with van der Waals surface area (Å²) in [7, 11) is 1.74. The van der Waals surface area contributed by atoms with Gasteiger partial charge in [0, 0.05) is 13.7 Å².